The van der Waals surface area contributed by atoms with Crippen LogP contribution >= 0.6 is 0 Å². The monoisotopic (exact) mass is 444 g/mol. The van der Waals surface area contributed by atoms with Crippen LogP contribution in [0, 0.1) is 0 Å². The molecular formula is C23H28N2O5S. The van der Waals surface area contributed by atoms with Gasteiger partial charge >= 0.3 is 5.97 Å². The van der Waals surface area contributed by atoms with Crippen molar-refractivity contribution >= 4 is 27.6 Å². The van der Waals surface area contributed by atoms with Gasteiger partial charge in [-0.15, -0.1) is 0 Å². The molecule has 2 aromatic rings. The van der Waals surface area contributed by atoms with Gasteiger partial charge in [-0.05, 0) is 61.2 Å². The maximum Gasteiger partial charge on any atom is 0.337 e. The van der Waals surface area contributed by atoms with Crippen molar-refractivity contribution in [3.05, 3.63) is 59.7 Å². The molecule has 0 atom stereocenters. The van der Waals surface area contributed by atoms with E-state index in [-0.39, 0.29) is 23.3 Å². The summed E-state index contributed by atoms with van der Waals surface area (Å²) in [4.78, 5) is 23.9. The van der Waals surface area contributed by atoms with Crippen LogP contribution in [0.15, 0.2) is 53.4 Å². The highest BCUT2D eigenvalue weighted by Crippen LogP contribution is 2.20. The number of esters is 1. The number of aryl methyl sites for hydroxylation is 1. The van der Waals surface area contributed by atoms with Crippen molar-refractivity contribution in [2.24, 2.45) is 0 Å². The van der Waals surface area contributed by atoms with Crippen molar-refractivity contribution in [2.75, 3.05) is 12.4 Å². The van der Waals surface area contributed by atoms with Crippen LogP contribution in [0.5, 0.6) is 0 Å². The normalized spacial score (nSPS) is 14.7. The number of amides is 1. The largest absolute Gasteiger partial charge is 0.465 e. The summed E-state index contributed by atoms with van der Waals surface area (Å²) in [6.45, 7) is 0. The molecule has 31 heavy (non-hydrogen) atoms. The molecule has 1 amide bonds. The van der Waals surface area contributed by atoms with Crippen LogP contribution in [0.4, 0.5) is 5.69 Å². The Morgan fingerprint density at radius 1 is 0.968 bits per heavy atom. The number of ether oxygens (including phenoxy) is 1. The summed E-state index contributed by atoms with van der Waals surface area (Å²) >= 11 is 0. The van der Waals surface area contributed by atoms with Gasteiger partial charge in [-0.25, -0.2) is 17.9 Å². The third-order valence-electron chi connectivity index (χ3n) is 5.39. The number of rotatable bonds is 8. The van der Waals surface area contributed by atoms with E-state index in [4.69, 9.17) is 0 Å². The Balaban J connectivity index is 1.50. The van der Waals surface area contributed by atoms with Gasteiger partial charge in [0.2, 0.25) is 15.9 Å². The first kappa shape index (κ1) is 23.0. The van der Waals surface area contributed by atoms with Gasteiger partial charge in [0.15, 0.2) is 0 Å². The molecule has 7 nitrogen and oxygen atoms in total. The number of nitrogens with one attached hydrogen (secondary N) is 2. The van der Waals surface area contributed by atoms with Gasteiger partial charge in [0.1, 0.15) is 0 Å². The van der Waals surface area contributed by atoms with Crippen molar-refractivity contribution in [1.82, 2.24) is 4.72 Å². The van der Waals surface area contributed by atoms with Crippen LogP contribution < -0.4 is 10.0 Å². The predicted octanol–water partition coefficient (Wildman–Crippen LogP) is 3.66. The summed E-state index contributed by atoms with van der Waals surface area (Å²) in [6, 6.07) is 13.1. The minimum absolute atomic E-state index is 0.0174. The van der Waals surface area contributed by atoms with Gasteiger partial charge < -0.3 is 10.1 Å². The van der Waals surface area contributed by atoms with Crippen molar-refractivity contribution in [3.8, 4) is 0 Å². The lowest BCUT2D eigenvalue weighted by molar-refractivity contribution is -0.116. The summed E-state index contributed by atoms with van der Waals surface area (Å²) in [6.07, 6.45) is 5.80. The number of hydrogen-bond donors (Lipinski definition) is 2. The third-order valence-corrected chi connectivity index (χ3v) is 6.93. The van der Waals surface area contributed by atoms with Gasteiger partial charge in [-0.1, -0.05) is 31.4 Å². The van der Waals surface area contributed by atoms with Crippen molar-refractivity contribution in [1.29, 1.82) is 0 Å². The molecule has 0 radical (unpaired) electrons. The topological polar surface area (TPSA) is 102 Å². The molecule has 0 aliphatic heterocycles. The molecule has 1 aliphatic rings. The highest BCUT2D eigenvalue weighted by molar-refractivity contribution is 7.89. The van der Waals surface area contributed by atoms with Crippen molar-refractivity contribution in [2.45, 2.75) is 55.9 Å². The van der Waals surface area contributed by atoms with E-state index in [0.717, 1.165) is 31.2 Å². The molecule has 0 unspecified atom stereocenters. The van der Waals surface area contributed by atoms with Crippen LogP contribution in [0.2, 0.25) is 0 Å². The molecule has 0 heterocycles. The molecule has 0 bridgehead atoms. The molecule has 2 N–H and O–H groups in total. The van der Waals surface area contributed by atoms with Crippen molar-refractivity contribution in [3.63, 3.8) is 0 Å². The molecular weight excluding hydrogens is 416 g/mol. The number of hydrogen-bond acceptors (Lipinski definition) is 5. The quantitative estimate of drug-likeness (QED) is 0.605. The van der Waals surface area contributed by atoms with E-state index in [1.807, 2.05) is 0 Å². The minimum Gasteiger partial charge on any atom is -0.465 e. The van der Waals surface area contributed by atoms with E-state index in [1.54, 1.807) is 48.5 Å². The Kier molecular flexibility index (Phi) is 7.81. The van der Waals surface area contributed by atoms with E-state index >= 15 is 0 Å². The smallest absolute Gasteiger partial charge is 0.337 e. The van der Waals surface area contributed by atoms with Crippen LogP contribution in [-0.2, 0) is 26.0 Å². The van der Waals surface area contributed by atoms with E-state index in [1.165, 1.54) is 13.5 Å². The highest BCUT2D eigenvalue weighted by atomic mass is 32.2. The van der Waals surface area contributed by atoms with Gasteiger partial charge in [0.25, 0.3) is 0 Å². The highest BCUT2D eigenvalue weighted by Gasteiger charge is 2.21. The van der Waals surface area contributed by atoms with Crippen molar-refractivity contribution < 1.29 is 22.7 Å². The second-order valence-corrected chi connectivity index (χ2v) is 9.43. The molecule has 1 fully saturated rings. The Labute approximate surface area is 183 Å². The van der Waals surface area contributed by atoms with E-state index in [2.05, 4.69) is 14.8 Å². The number of benzene rings is 2. The van der Waals surface area contributed by atoms with E-state index in [9.17, 15) is 18.0 Å². The maximum absolute atomic E-state index is 12.6. The van der Waals surface area contributed by atoms with E-state index in [0.29, 0.717) is 17.7 Å². The number of methoxy groups -OCH3 is 1. The van der Waals surface area contributed by atoms with Gasteiger partial charge in [0, 0.05) is 18.2 Å². The zero-order valence-electron chi connectivity index (χ0n) is 17.6. The zero-order chi connectivity index (χ0) is 22.3. The number of anilines is 1. The fourth-order valence-electron chi connectivity index (χ4n) is 3.63. The maximum atomic E-state index is 12.6. The second kappa shape index (κ2) is 10.5. The fourth-order valence-corrected chi connectivity index (χ4v) is 4.94. The molecule has 1 aliphatic carbocycles. The zero-order valence-corrected chi connectivity index (χ0v) is 18.4. The summed E-state index contributed by atoms with van der Waals surface area (Å²) < 4.78 is 32.6. The summed E-state index contributed by atoms with van der Waals surface area (Å²) in [5.41, 5.74) is 1.88. The summed E-state index contributed by atoms with van der Waals surface area (Å²) in [7, 11) is -2.21. The molecule has 166 valence electrons. The first-order valence-corrected chi connectivity index (χ1v) is 12.0. The number of sulfonamides is 1. The summed E-state index contributed by atoms with van der Waals surface area (Å²) in [5, 5.41) is 2.78. The predicted molar refractivity (Wildman–Crippen MR) is 118 cm³/mol. The lowest BCUT2D eigenvalue weighted by Crippen LogP contribution is -2.36. The molecule has 8 heteroatoms. The molecule has 0 saturated heterocycles. The molecule has 3 rings (SSSR count). The number of carbonyl (C=O) groups is 2. The average molecular weight is 445 g/mol. The first-order chi connectivity index (χ1) is 14.9. The Hall–Kier alpha value is -2.71. The Bertz CT molecular complexity index is 995. The lowest BCUT2D eigenvalue weighted by atomic mass is 9.96. The van der Waals surface area contributed by atoms with Gasteiger partial charge in [-0.2, -0.15) is 0 Å². The Morgan fingerprint density at radius 3 is 2.23 bits per heavy atom. The van der Waals surface area contributed by atoms with Gasteiger partial charge in [0.05, 0.1) is 17.6 Å². The molecule has 1 saturated carbocycles. The van der Waals surface area contributed by atoms with Crippen LogP contribution in [-0.4, -0.2) is 33.4 Å². The average Bonchev–Trinajstić information content (AvgIpc) is 2.78. The standard InChI is InChI=1S/C23H28N2O5S/c1-30-23(27)18-10-12-19(13-11-18)24-22(26)16-9-17-7-14-21(15-8-17)31(28,29)25-20-5-3-2-4-6-20/h7-8,10-15,20,25H,2-6,9,16H2,1H3,(H,24,26). The van der Waals surface area contributed by atoms with Gasteiger partial charge in [-0.3, -0.25) is 4.79 Å². The Morgan fingerprint density at radius 2 is 1.61 bits per heavy atom. The third kappa shape index (κ3) is 6.63. The SMILES string of the molecule is COC(=O)c1ccc(NC(=O)CCc2ccc(S(=O)(=O)NC3CCCCC3)cc2)cc1. The molecule has 2 aromatic carbocycles. The van der Waals surface area contributed by atoms with Crippen LogP contribution in [0.25, 0.3) is 0 Å². The fraction of sp³-hybridized carbons (Fsp3) is 0.391. The first-order valence-electron chi connectivity index (χ1n) is 10.5. The summed E-state index contributed by atoms with van der Waals surface area (Å²) in [5.74, 6) is -0.598. The second-order valence-electron chi connectivity index (χ2n) is 7.72. The molecule has 0 spiro atoms. The van der Waals surface area contributed by atoms with E-state index < -0.39 is 16.0 Å². The van der Waals surface area contributed by atoms with Crippen LogP contribution in [0.3, 0.4) is 0 Å². The van der Waals surface area contributed by atoms with Crippen LogP contribution in [0.1, 0.15) is 54.4 Å². The lowest BCUT2D eigenvalue weighted by Gasteiger charge is -2.22. The minimum atomic E-state index is -3.52. The molecule has 0 aromatic heterocycles. The number of carbonyl (C=O) groups excluding carboxylic acids is 2.